The van der Waals surface area contributed by atoms with Crippen molar-refractivity contribution in [2.75, 3.05) is 32.7 Å². The number of hydrogen-bond donors (Lipinski definition) is 1. The zero-order valence-corrected chi connectivity index (χ0v) is 77.9. The molecule has 0 unspecified atom stereocenters. The number of pyridine rings is 2. The van der Waals surface area contributed by atoms with Gasteiger partial charge in [0.15, 0.2) is 0 Å². The second kappa shape index (κ2) is 40.5. The van der Waals surface area contributed by atoms with Gasteiger partial charge in [-0.15, -0.1) is 0 Å². The number of aromatic nitrogens is 16. The van der Waals surface area contributed by atoms with Crippen molar-refractivity contribution in [1.82, 2.24) is 104 Å². The number of aryl methyl sites for hydroxylation is 4. The lowest BCUT2D eigenvalue weighted by Gasteiger charge is -2.27. The first kappa shape index (κ1) is 93.7. The average molecular weight is 1970 g/mol. The molecule has 0 radical (unpaired) electrons. The van der Waals surface area contributed by atoms with Crippen LogP contribution >= 0.6 is 104 Å². The molecule has 0 bridgehead atoms. The van der Waals surface area contributed by atoms with Crippen LogP contribution in [0.5, 0.6) is 0 Å². The maximum absolute atomic E-state index is 13.2. The minimum absolute atomic E-state index is 0.126. The largest absolute Gasteiger partial charge is 0.417 e. The van der Waals surface area contributed by atoms with Gasteiger partial charge in [0, 0.05) is 166 Å². The van der Waals surface area contributed by atoms with Crippen molar-refractivity contribution in [3.63, 3.8) is 0 Å². The van der Waals surface area contributed by atoms with Crippen LogP contribution in [-0.4, -0.2) is 166 Å². The molecule has 0 atom stereocenters. The molecule has 6 aromatic carbocycles. The molecule has 14 heterocycles. The second-order valence-corrected chi connectivity index (χ2v) is 34.8. The molecule has 26 nitrogen and oxygen atoms in total. The van der Waals surface area contributed by atoms with Gasteiger partial charge >= 0.3 is 6.18 Å². The Morgan fingerprint density at radius 1 is 0.323 bits per heavy atom. The van der Waals surface area contributed by atoms with E-state index >= 15 is 0 Å². The molecule has 5 aliphatic heterocycles. The van der Waals surface area contributed by atoms with Gasteiger partial charge < -0.3 is 24.5 Å². The maximum atomic E-state index is 13.2. The Bertz CT molecular complexity index is 6770. The summed E-state index contributed by atoms with van der Waals surface area (Å²) in [4.78, 5) is 97.1. The first-order valence-electron chi connectivity index (χ1n) is 41.4. The predicted molar refractivity (Wildman–Crippen MR) is 500 cm³/mol. The van der Waals surface area contributed by atoms with E-state index in [1.54, 1.807) is 163 Å². The van der Waals surface area contributed by atoms with Crippen LogP contribution in [0.2, 0.25) is 45.2 Å². The molecule has 0 saturated carbocycles. The molecule has 9 aromatic heterocycles. The third-order valence-electron chi connectivity index (χ3n) is 23.1. The number of nitrogens with one attached hydrogen (secondary N) is 1. The van der Waals surface area contributed by atoms with Gasteiger partial charge in [-0.3, -0.25) is 57.8 Å². The summed E-state index contributed by atoms with van der Waals surface area (Å²) in [5.41, 5.74) is 19.8. The molecule has 0 spiro atoms. The maximum Gasteiger partial charge on any atom is 0.417 e. The van der Waals surface area contributed by atoms with E-state index in [0.29, 0.717) is 132 Å². The minimum atomic E-state index is -4.62. The number of hydrogen-bond acceptors (Lipinski definition) is 16. The lowest BCUT2D eigenvalue weighted by atomic mass is 9.99. The molecule has 133 heavy (non-hydrogen) atoms. The van der Waals surface area contributed by atoms with Gasteiger partial charge in [0.1, 0.15) is 18.5 Å². The Kier molecular flexibility index (Phi) is 28.6. The van der Waals surface area contributed by atoms with Gasteiger partial charge in [-0.2, -0.15) is 38.7 Å². The van der Waals surface area contributed by atoms with Gasteiger partial charge in [-0.25, -0.2) is 24.3 Å². The third-order valence-corrected chi connectivity index (χ3v) is 26.8. The van der Waals surface area contributed by atoms with E-state index in [1.807, 2.05) is 61.8 Å². The van der Waals surface area contributed by atoms with Crippen LogP contribution in [0, 0.1) is 5.82 Å². The Morgan fingerprint density at radius 2 is 0.602 bits per heavy atom. The minimum Gasteiger partial charge on any atom is -0.332 e. The summed E-state index contributed by atoms with van der Waals surface area (Å²) in [6.07, 6.45) is 15.7. The van der Waals surface area contributed by atoms with Gasteiger partial charge in [0.05, 0.1) is 168 Å². The number of amides is 5. The summed E-state index contributed by atoms with van der Waals surface area (Å²) in [6.45, 7) is 4.59. The highest BCUT2D eigenvalue weighted by Gasteiger charge is 2.39. The summed E-state index contributed by atoms with van der Waals surface area (Å²) >= 11 is 54.9. The van der Waals surface area contributed by atoms with Crippen molar-refractivity contribution in [3.05, 3.63) is 342 Å². The predicted octanol–water partition coefficient (Wildman–Crippen LogP) is 19.8. The summed E-state index contributed by atoms with van der Waals surface area (Å²) in [5, 5.41) is 27.8. The molecule has 1 N–H and O–H groups in total. The number of rotatable bonds is 10. The van der Waals surface area contributed by atoms with Crippen molar-refractivity contribution in [2.24, 2.45) is 28.2 Å². The van der Waals surface area contributed by atoms with Gasteiger partial charge in [-0.1, -0.05) is 135 Å². The van der Waals surface area contributed by atoms with E-state index in [1.165, 1.54) is 47.4 Å². The molecule has 0 saturated heterocycles. The molecule has 15 aromatic rings. The molecule has 0 aliphatic carbocycles. The number of carbonyl (C=O) groups excluding carboxylic acids is 5. The zero-order valence-electron chi connectivity index (χ0n) is 71.1. The van der Waals surface area contributed by atoms with Crippen LogP contribution < -0.4 is 0 Å². The topological polar surface area (TPSA) is 279 Å². The quantitative estimate of drug-likeness (QED) is 0.125. The lowest BCUT2D eigenvalue weighted by Crippen LogP contribution is -2.36. The van der Waals surface area contributed by atoms with Gasteiger partial charge in [0.25, 0.3) is 29.5 Å². The van der Waals surface area contributed by atoms with Crippen molar-refractivity contribution >= 4 is 134 Å². The van der Waals surface area contributed by atoms with Crippen LogP contribution in [0.4, 0.5) is 17.6 Å². The van der Waals surface area contributed by atoms with Crippen molar-refractivity contribution < 1.29 is 41.5 Å². The van der Waals surface area contributed by atoms with E-state index < -0.39 is 22.7 Å². The Balaban J connectivity index is 0.000000121. The highest BCUT2D eigenvalue weighted by atomic mass is 35.5. The Morgan fingerprint density at radius 3 is 0.925 bits per heavy atom. The normalized spacial score (nSPS) is 13.7. The van der Waals surface area contributed by atoms with E-state index in [4.69, 9.17) is 104 Å². The number of alkyl halides is 3. The number of carbonyl (C=O) groups is 5. The van der Waals surface area contributed by atoms with E-state index in [9.17, 15) is 41.5 Å². The fraction of sp³-hybridized carbons (Fsp3) is 0.213. The fourth-order valence-corrected chi connectivity index (χ4v) is 18.7. The fourth-order valence-electron chi connectivity index (χ4n) is 16.9. The van der Waals surface area contributed by atoms with Crippen LogP contribution in [0.3, 0.4) is 0 Å². The number of halogens is 13. The van der Waals surface area contributed by atoms with E-state index in [-0.39, 0.29) is 56.6 Å². The molecule has 20 rings (SSSR count). The summed E-state index contributed by atoms with van der Waals surface area (Å²) < 4.78 is 59.8. The molecule has 5 amide bonds. The van der Waals surface area contributed by atoms with Gasteiger partial charge in [-0.05, 0) is 141 Å². The Hall–Kier alpha value is -12.5. The van der Waals surface area contributed by atoms with Crippen molar-refractivity contribution in [3.8, 4) is 56.3 Å². The van der Waals surface area contributed by atoms with E-state index in [0.717, 1.165) is 119 Å². The van der Waals surface area contributed by atoms with Crippen LogP contribution in [0.25, 0.3) is 56.3 Å². The monoisotopic (exact) mass is 1970 g/mol. The molecule has 0 fully saturated rings. The number of benzene rings is 6. The average Bonchev–Trinajstić information content (AvgIpc) is 1.62. The number of fused-ring (bicyclic) bond motifs is 5. The second-order valence-electron chi connectivity index (χ2n) is 31.3. The molecule has 5 aliphatic rings. The molecular formula is C94H76Cl9F4N21O5. The van der Waals surface area contributed by atoms with Crippen LogP contribution in [-0.2, 0) is 99.2 Å². The number of nitrogens with zero attached hydrogens (tertiary/aromatic N) is 20. The molecular weight excluding hydrogens is 1900 g/mol. The highest BCUT2D eigenvalue weighted by molar-refractivity contribution is 6.46. The summed E-state index contributed by atoms with van der Waals surface area (Å²) in [7, 11) is 7.50. The summed E-state index contributed by atoms with van der Waals surface area (Å²) in [5.74, 6) is -1.39. The zero-order chi connectivity index (χ0) is 93.8. The Labute approximate surface area is 803 Å². The smallest absolute Gasteiger partial charge is 0.332 e. The van der Waals surface area contributed by atoms with Crippen LogP contribution in [0.15, 0.2) is 202 Å². The van der Waals surface area contributed by atoms with E-state index in [2.05, 4.69) is 60.5 Å². The first-order chi connectivity index (χ1) is 64.0. The van der Waals surface area contributed by atoms with Crippen LogP contribution in [0.1, 0.15) is 114 Å². The first-order valence-corrected chi connectivity index (χ1v) is 44.8. The standard InChI is InChI=1S/C20H16Cl2FN3O.C20H16ClF3N4O.C19H16Cl2N4O.C18H15Cl2N5O.C17H13Cl2N5O/c1-25-19(12-5-7-13(23)8-6-12)14-9-10-26(11-17(14)24-25)20(27)15-3-2-4-16(21)18(15)22;1-27-18(12-5-8-25-9-6-12)13-7-10-28(11-16(13)26-27)19(29)14-3-2-4-15(17(14)21)20(22,23)24;1-24-18(12-5-8-22-9-6-12)13-7-10-25(11-16(13)23-24)19(26)14-3-2-4-15(20)17(14)21;1-24-17(11-7-21-10-22-8-11)12-5-6-25(9-15(12)23-24)18(26)13-3-2-4-14(19)16(13)20;18-13-3-1-2-12(15(13)19)17(25)24-5-4-11-14(8-24)22-23-16(11)10-6-20-9-21-7-10/h2-8H,9-11H2,1H3;2-6,8-9H,7,10-11H2,1H3;2-6,8-9H,7,10-11H2,1H3;2-4,7-8,10H,5-6,9H2,1H3;1-3,6-7,9H,4-5,8H2,(H,22,23). The van der Waals surface area contributed by atoms with Crippen molar-refractivity contribution in [2.45, 2.75) is 71.0 Å². The highest BCUT2D eigenvalue weighted by Crippen LogP contribution is 2.42. The van der Waals surface area contributed by atoms with Crippen molar-refractivity contribution in [1.29, 1.82) is 0 Å². The summed E-state index contributed by atoms with van der Waals surface area (Å²) in [6, 6.07) is 37.8. The lowest BCUT2D eigenvalue weighted by molar-refractivity contribution is -0.137. The molecule has 678 valence electrons. The number of H-pyrrole nitrogens is 1. The number of aromatic amines is 1. The third kappa shape index (κ3) is 20.0. The van der Waals surface area contributed by atoms with Gasteiger partial charge in [0.2, 0.25) is 0 Å². The molecule has 39 heteroatoms. The SMILES string of the molecule is Cn1nc2c(c1-c1ccc(F)cc1)CCN(C(=O)c1cccc(Cl)c1Cl)C2.Cn1nc2c(c1-c1ccncc1)CCN(C(=O)c1cccc(C(F)(F)F)c1Cl)C2.Cn1nc2c(c1-c1ccncc1)CCN(C(=O)c1cccc(Cl)c1Cl)C2.Cn1nc2c(c1-c1cncnc1)CCN(C(=O)c1cccc(Cl)c1Cl)C2.O=C(c1cccc(Cl)c1Cl)N1CCc2c(n[nH]c2-c2cncnc2)C1.